The van der Waals surface area contributed by atoms with Gasteiger partial charge in [0.05, 0.1) is 26.5 Å². The zero-order chi connectivity index (χ0) is 17.9. The third kappa shape index (κ3) is 2.94. The van der Waals surface area contributed by atoms with Crippen LogP contribution in [0, 0.1) is 0 Å². The smallest absolute Gasteiger partial charge is 0.170 e. The van der Waals surface area contributed by atoms with Crippen molar-refractivity contribution in [3.8, 4) is 22.8 Å². The number of nitrogens with one attached hydrogen (secondary N) is 1. The predicted molar refractivity (Wildman–Crippen MR) is 99.0 cm³/mol. The number of para-hydroxylation sites is 1. The number of benzene rings is 1. The Balaban J connectivity index is 1.80. The maximum Gasteiger partial charge on any atom is 0.170 e. The average Bonchev–Trinajstić information content (AvgIpc) is 3.33. The molecule has 1 aliphatic heterocycles. The van der Waals surface area contributed by atoms with Gasteiger partial charge in [0.15, 0.2) is 17.1 Å². The fourth-order valence-electron chi connectivity index (χ4n) is 3.35. The summed E-state index contributed by atoms with van der Waals surface area (Å²) in [5.41, 5.74) is 2.43. The second kappa shape index (κ2) is 7.21. The summed E-state index contributed by atoms with van der Waals surface area (Å²) in [6.45, 7) is 1.56. The summed E-state index contributed by atoms with van der Waals surface area (Å²) in [4.78, 5) is 8.96. The summed E-state index contributed by atoms with van der Waals surface area (Å²) in [5, 5.41) is 3.52. The molecule has 1 N–H and O–H groups in total. The Morgan fingerprint density at radius 3 is 3.00 bits per heavy atom. The molecule has 2 aromatic heterocycles. The number of aromatic nitrogens is 3. The summed E-state index contributed by atoms with van der Waals surface area (Å²) in [7, 11) is 3.27. The first-order valence-electron chi connectivity index (χ1n) is 8.70. The summed E-state index contributed by atoms with van der Waals surface area (Å²) < 4.78 is 18.8. The number of hydrogen-bond acceptors (Lipinski definition) is 6. The van der Waals surface area contributed by atoms with Gasteiger partial charge in [-0.05, 0) is 25.0 Å². The fourth-order valence-corrected chi connectivity index (χ4v) is 3.35. The van der Waals surface area contributed by atoms with Crippen molar-refractivity contribution in [2.45, 2.75) is 18.9 Å². The highest BCUT2D eigenvalue weighted by Gasteiger charge is 2.22. The molecule has 0 spiro atoms. The van der Waals surface area contributed by atoms with E-state index in [-0.39, 0.29) is 6.10 Å². The Labute approximate surface area is 151 Å². The van der Waals surface area contributed by atoms with Crippen molar-refractivity contribution >= 4 is 11.5 Å². The minimum atomic E-state index is 0.224. The molecule has 1 fully saturated rings. The van der Waals surface area contributed by atoms with Crippen LogP contribution in [0.5, 0.6) is 11.5 Å². The number of hydrogen-bond donors (Lipinski definition) is 1. The minimum Gasteiger partial charge on any atom is -0.493 e. The van der Waals surface area contributed by atoms with Crippen molar-refractivity contribution in [3.63, 3.8) is 0 Å². The summed E-state index contributed by atoms with van der Waals surface area (Å²) in [6, 6.07) is 5.79. The van der Waals surface area contributed by atoms with Crippen LogP contribution in [-0.2, 0) is 4.74 Å². The molecule has 1 saturated heterocycles. The third-order valence-electron chi connectivity index (χ3n) is 4.61. The van der Waals surface area contributed by atoms with Gasteiger partial charge >= 0.3 is 0 Å². The lowest BCUT2D eigenvalue weighted by Crippen LogP contribution is -2.19. The maximum atomic E-state index is 5.74. The van der Waals surface area contributed by atoms with Crippen LogP contribution >= 0.6 is 0 Å². The van der Waals surface area contributed by atoms with Crippen LogP contribution < -0.4 is 14.8 Å². The summed E-state index contributed by atoms with van der Waals surface area (Å²) >= 11 is 0. The molecule has 3 heterocycles. The molecule has 0 aliphatic carbocycles. The van der Waals surface area contributed by atoms with E-state index in [2.05, 4.69) is 10.3 Å². The van der Waals surface area contributed by atoms with Gasteiger partial charge in [0.2, 0.25) is 0 Å². The highest BCUT2D eigenvalue weighted by atomic mass is 16.5. The van der Waals surface area contributed by atoms with Gasteiger partial charge in [0.25, 0.3) is 0 Å². The molecular weight excluding hydrogens is 332 g/mol. The molecular formula is C19H22N4O3. The van der Waals surface area contributed by atoms with Gasteiger partial charge in [-0.1, -0.05) is 6.07 Å². The van der Waals surface area contributed by atoms with Crippen molar-refractivity contribution in [3.05, 3.63) is 36.8 Å². The molecule has 0 bridgehead atoms. The van der Waals surface area contributed by atoms with Crippen LogP contribution in [0.15, 0.2) is 36.8 Å². The second-order valence-electron chi connectivity index (χ2n) is 6.17. The SMILES string of the molecule is COc1cccc(-c2nc3cnccn3c2NC[C@@H]2CCCO2)c1OC. The van der Waals surface area contributed by atoms with E-state index in [1.54, 1.807) is 26.6 Å². The van der Waals surface area contributed by atoms with Gasteiger partial charge in [-0.3, -0.25) is 9.38 Å². The maximum absolute atomic E-state index is 5.74. The molecule has 4 rings (SSSR count). The Bertz CT molecular complexity index is 903. The molecule has 7 heteroatoms. The van der Waals surface area contributed by atoms with E-state index in [9.17, 15) is 0 Å². The Hall–Kier alpha value is -2.80. The van der Waals surface area contributed by atoms with Crippen LogP contribution in [0.4, 0.5) is 5.82 Å². The number of ether oxygens (including phenoxy) is 3. The van der Waals surface area contributed by atoms with Crippen LogP contribution in [0.1, 0.15) is 12.8 Å². The standard InChI is InChI=1S/C19H22N4O3/c1-24-15-7-3-6-14(18(15)25-2)17-19(21-11-13-5-4-10-26-13)23-9-8-20-12-16(23)22-17/h3,6-9,12-13,21H,4-5,10-11H2,1-2H3/t13-/m0/s1. The molecule has 1 aliphatic rings. The molecule has 0 amide bonds. The first-order chi connectivity index (χ1) is 12.8. The van der Waals surface area contributed by atoms with Gasteiger partial charge < -0.3 is 19.5 Å². The molecule has 0 saturated carbocycles. The quantitative estimate of drug-likeness (QED) is 0.734. The zero-order valence-corrected chi connectivity index (χ0v) is 14.9. The molecule has 26 heavy (non-hydrogen) atoms. The topological polar surface area (TPSA) is 69.9 Å². The molecule has 7 nitrogen and oxygen atoms in total. The number of fused-ring (bicyclic) bond motifs is 1. The van der Waals surface area contributed by atoms with Crippen LogP contribution in [0.2, 0.25) is 0 Å². The van der Waals surface area contributed by atoms with E-state index in [1.807, 2.05) is 28.8 Å². The number of rotatable bonds is 6. The summed E-state index contributed by atoms with van der Waals surface area (Å²) in [6.07, 6.45) is 7.80. The van der Waals surface area contributed by atoms with E-state index in [1.165, 1.54) is 0 Å². The van der Waals surface area contributed by atoms with Crippen molar-refractivity contribution < 1.29 is 14.2 Å². The van der Waals surface area contributed by atoms with E-state index in [0.29, 0.717) is 11.5 Å². The number of nitrogens with zero attached hydrogens (tertiary/aromatic N) is 3. The van der Waals surface area contributed by atoms with E-state index in [4.69, 9.17) is 19.2 Å². The van der Waals surface area contributed by atoms with Crippen molar-refractivity contribution in [1.29, 1.82) is 0 Å². The monoisotopic (exact) mass is 354 g/mol. The number of methoxy groups -OCH3 is 2. The highest BCUT2D eigenvalue weighted by molar-refractivity contribution is 5.82. The minimum absolute atomic E-state index is 0.224. The Kier molecular flexibility index (Phi) is 4.62. The van der Waals surface area contributed by atoms with Gasteiger partial charge in [0, 0.05) is 31.1 Å². The lowest BCUT2D eigenvalue weighted by molar-refractivity contribution is 0.120. The Morgan fingerprint density at radius 2 is 2.23 bits per heavy atom. The molecule has 0 unspecified atom stereocenters. The van der Waals surface area contributed by atoms with Gasteiger partial charge in [0.1, 0.15) is 11.5 Å². The molecule has 0 radical (unpaired) electrons. The molecule has 1 atom stereocenters. The third-order valence-corrected chi connectivity index (χ3v) is 4.61. The first kappa shape index (κ1) is 16.7. The average molecular weight is 354 g/mol. The zero-order valence-electron chi connectivity index (χ0n) is 14.9. The molecule has 1 aromatic carbocycles. The fraction of sp³-hybridized carbons (Fsp3) is 0.368. The van der Waals surface area contributed by atoms with Crippen molar-refractivity contribution in [2.24, 2.45) is 0 Å². The lowest BCUT2D eigenvalue weighted by Gasteiger charge is -2.15. The van der Waals surface area contributed by atoms with Crippen LogP contribution in [0.3, 0.4) is 0 Å². The van der Waals surface area contributed by atoms with E-state index < -0.39 is 0 Å². The summed E-state index contributed by atoms with van der Waals surface area (Å²) in [5.74, 6) is 2.22. The molecule has 3 aromatic rings. The second-order valence-corrected chi connectivity index (χ2v) is 6.17. The Morgan fingerprint density at radius 1 is 1.31 bits per heavy atom. The lowest BCUT2D eigenvalue weighted by atomic mass is 10.1. The van der Waals surface area contributed by atoms with Gasteiger partial charge in [-0.2, -0.15) is 0 Å². The van der Waals surface area contributed by atoms with Gasteiger partial charge in [-0.25, -0.2) is 4.98 Å². The van der Waals surface area contributed by atoms with Crippen LogP contribution in [0.25, 0.3) is 16.9 Å². The highest BCUT2D eigenvalue weighted by Crippen LogP contribution is 2.40. The first-order valence-corrected chi connectivity index (χ1v) is 8.70. The largest absolute Gasteiger partial charge is 0.493 e. The van der Waals surface area contributed by atoms with Crippen molar-refractivity contribution in [1.82, 2.24) is 14.4 Å². The van der Waals surface area contributed by atoms with Gasteiger partial charge in [-0.15, -0.1) is 0 Å². The number of anilines is 1. The number of imidazole rings is 1. The van der Waals surface area contributed by atoms with E-state index >= 15 is 0 Å². The van der Waals surface area contributed by atoms with Crippen LogP contribution in [-0.4, -0.2) is 47.8 Å². The normalized spacial score (nSPS) is 16.8. The van der Waals surface area contributed by atoms with E-state index in [0.717, 1.165) is 48.7 Å². The molecule has 136 valence electrons. The van der Waals surface area contributed by atoms with Crippen molar-refractivity contribution in [2.75, 3.05) is 32.7 Å². The predicted octanol–water partition coefficient (Wildman–Crippen LogP) is 3.00.